The van der Waals surface area contributed by atoms with Crippen LogP contribution in [-0.4, -0.2) is 29.4 Å². The second-order valence-electron chi connectivity index (χ2n) is 4.87. The summed E-state index contributed by atoms with van der Waals surface area (Å²) in [5, 5.41) is 22.6. The van der Waals surface area contributed by atoms with Crippen molar-refractivity contribution in [1.29, 1.82) is 0 Å². The van der Waals surface area contributed by atoms with Gasteiger partial charge in [-0.15, -0.1) is 0 Å². The van der Waals surface area contributed by atoms with Gasteiger partial charge in [0, 0.05) is 13.1 Å². The third-order valence-corrected chi connectivity index (χ3v) is 2.65. The van der Waals surface area contributed by atoms with E-state index in [1.165, 1.54) is 0 Å². The largest absolute Gasteiger partial charge is 0.392 e. The van der Waals surface area contributed by atoms with Gasteiger partial charge in [-0.05, 0) is 17.9 Å². The van der Waals surface area contributed by atoms with E-state index in [1.807, 2.05) is 30.3 Å². The average molecular weight is 237 g/mol. The minimum atomic E-state index is -0.512. The van der Waals surface area contributed by atoms with Crippen molar-refractivity contribution in [2.45, 2.75) is 32.5 Å². The molecule has 0 saturated heterocycles. The fourth-order valence-electron chi connectivity index (χ4n) is 1.81. The van der Waals surface area contributed by atoms with Crippen molar-refractivity contribution in [3.63, 3.8) is 0 Å². The first kappa shape index (κ1) is 14.2. The lowest BCUT2D eigenvalue weighted by Crippen LogP contribution is -2.31. The van der Waals surface area contributed by atoms with Gasteiger partial charge in [0.25, 0.3) is 0 Å². The molecule has 1 rings (SSSR count). The number of aliphatic hydroxyl groups excluding tert-OH is 2. The SMILES string of the molecule is CC(C)CC(O)CNCC(O)c1ccccc1. The predicted molar refractivity (Wildman–Crippen MR) is 69.7 cm³/mol. The van der Waals surface area contributed by atoms with E-state index in [-0.39, 0.29) is 6.10 Å². The molecule has 0 heterocycles. The second-order valence-corrected chi connectivity index (χ2v) is 4.87. The first-order valence-corrected chi connectivity index (χ1v) is 6.21. The summed E-state index contributed by atoms with van der Waals surface area (Å²) in [4.78, 5) is 0. The Bertz CT molecular complexity index is 300. The summed E-state index contributed by atoms with van der Waals surface area (Å²) >= 11 is 0. The lowest BCUT2D eigenvalue weighted by atomic mass is 10.1. The molecule has 0 amide bonds. The molecule has 3 nitrogen and oxygen atoms in total. The van der Waals surface area contributed by atoms with Crippen LogP contribution in [0.2, 0.25) is 0 Å². The molecule has 2 atom stereocenters. The Labute approximate surface area is 103 Å². The molecule has 0 radical (unpaired) electrons. The maximum absolute atomic E-state index is 9.87. The van der Waals surface area contributed by atoms with E-state index in [4.69, 9.17) is 0 Å². The Morgan fingerprint density at radius 1 is 1.06 bits per heavy atom. The van der Waals surface area contributed by atoms with Gasteiger partial charge in [-0.1, -0.05) is 44.2 Å². The van der Waals surface area contributed by atoms with Crippen LogP contribution in [0, 0.1) is 5.92 Å². The first-order valence-electron chi connectivity index (χ1n) is 6.21. The van der Waals surface area contributed by atoms with Gasteiger partial charge in [-0.25, -0.2) is 0 Å². The van der Waals surface area contributed by atoms with E-state index in [1.54, 1.807) is 0 Å². The maximum Gasteiger partial charge on any atom is 0.0914 e. The molecule has 0 bridgehead atoms. The number of aliphatic hydroxyl groups is 2. The third kappa shape index (κ3) is 5.82. The summed E-state index contributed by atoms with van der Waals surface area (Å²) in [5.74, 6) is 0.492. The van der Waals surface area contributed by atoms with E-state index in [0.717, 1.165) is 12.0 Å². The van der Waals surface area contributed by atoms with Crippen molar-refractivity contribution in [2.24, 2.45) is 5.92 Å². The van der Waals surface area contributed by atoms with Crippen LogP contribution in [-0.2, 0) is 0 Å². The van der Waals surface area contributed by atoms with Crippen molar-refractivity contribution < 1.29 is 10.2 Å². The molecule has 0 fully saturated rings. The Morgan fingerprint density at radius 2 is 1.71 bits per heavy atom. The molecule has 96 valence electrons. The molecule has 1 aromatic rings. The van der Waals surface area contributed by atoms with Gasteiger partial charge in [0.1, 0.15) is 0 Å². The topological polar surface area (TPSA) is 52.5 Å². The highest BCUT2D eigenvalue weighted by Gasteiger charge is 2.09. The Hall–Kier alpha value is -0.900. The zero-order valence-electron chi connectivity index (χ0n) is 10.6. The minimum Gasteiger partial charge on any atom is -0.392 e. The number of hydrogen-bond donors (Lipinski definition) is 3. The third-order valence-electron chi connectivity index (χ3n) is 2.65. The quantitative estimate of drug-likeness (QED) is 0.677. The van der Waals surface area contributed by atoms with E-state index in [2.05, 4.69) is 19.2 Å². The maximum atomic E-state index is 9.87. The summed E-state index contributed by atoms with van der Waals surface area (Å²) in [5.41, 5.74) is 0.901. The van der Waals surface area contributed by atoms with Crippen molar-refractivity contribution in [1.82, 2.24) is 5.32 Å². The summed E-state index contributed by atoms with van der Waals surface area (Å²) in [7, 11) is 0. The monoisotopic (exact) mass is 237 g/mol. The van der Waals surface area contributed by atoms with Gasteiger partial charge < -0.3 is 15.5 Å². The fraction of sp³-hybridized carbons (Fsp3) is 0.571. The summed E-state index contributed by atoms with van der Waals surface area (Å²) < 4.78 is 0. The minimum absolute atomic E-state index is 0.335. The van der Waals surface area contributed by atoms with Crippen LogP contribution < -0.4 is 5.32 Å². The molecule has 3 heteroatoms. The normalized spacial score (nSPS) is 14.9. The number of benzene rings is 1. The molecule has 0 aliphatic rings. The van der Waals surface area contributed by atoms with E-state index in [0.29, 0.717) is 19.0 Å². The Balaban J connectivity index is 2.23. The van der Waals surface area contributed by atoms with E-state index in [9.17, 15) is 10.2 Å². The smallest absolute Gasteiger partial charge is 0.0914 e. The molecular formula is C14H23NO2. The zero-order valence-corrected chi connectivity index (χ0v) is 10.6. The van der Waals surface area contributed by atoms with Crippen LogP contribution >= 0.6 is 0 Å². The molecule has 0 aliphatic heterocycles. The van der Waals surface area contributed by atoms with Crippen molar-refractivity contribution in [2.75, 3.05) is 13.1 Å². The van der Waals surface area contributed by atoms with Crippen molar-refractivity contribution >= 4 is 0 Å². The average Bonchev–Trinajstić information content (AvgIpc) is 2.29. The standard InChI is InChI=1S/C14H23NO2/c1-11(2)8-13(16)9-15-10-14(17)12-6-4-3-5-7-12/h3-7,11,13-17H,8-10H2,1-2H3. The molecule has 0 aliphatic carbocycles. The van der Waals surface area contributed by atoms with Gasteiger partial charge in [-0.2, -0.15) is 0 Å². The Kier molecular flexibility index (Phi) is 6.19. The lowest BCUT2D eigenvalue weighted by molar-refractivity contribution is 0.131. The van der Waals surface area contributed by atoms with Gasteiger partial charge in [-0.3, -0.25) is 0 Å². The van der Waals surface area contributed by atoms with Gasteiger partial charge in [0.2, 0.25) is 0 Å². The van der Waals surface area contributed by atoms with E-state index >= 15 is 0 Å². The second kappa shape index (κ2) is 7.43. The van der Waals surface area contributed by atoms with Crippen LogP contribution in [0.4, 0.5) is 0 Å². The van der Waals surface area contributed by atoms with Gasteiger partial charge in [0.05, 0.1) is 12.2 Å². The number of nitrogens with one attached hydrogen (secondary N) is 1. The molecule has 17 heavy (non-hydrogen) atoms. The molecular weight excluding hydrogens is 214 g/mol. The van der Waals surface area contributed by atoms with E-state index < -0.39 is 6.10 Å². The summed E-state index contributed by atoms with van der Waals surface area (Å²) in [6, 6.07) is 9.54. The van der Waals surface area contributed by atoms with Crippen LogP contribution in [0.1, 0.15) is 31.9 Å². The Morgan fingerprint density at radius 3 is 2.29 bits per heavy atom. The van der Waals surface area contributed by atoms with Gasteiger partial charge >= 0.3 is 0 Å². The molecule has 0 aromatic heterocycles. The highest BCUT2D eigenvalue weighted by molar-refractivity contribution is 5.17. The number of hydrogen-bond acceptors (Lipinski definition) is 3. The highest BCUT2D eigenvalue weighted by atomic mass is 16.3. The number of rotatable bonds is 7. The molecule has 1 aromatic carbocycles. The van der Waals surface area contributed by atoms with Crippen LogP contribution in [0.5, 0.6) is 0 Å². The molecule has 0 spiro atoms. The summed E-state index contributed by atoms with van der Waals surface area (Å²) in [6.07, 6.45) is -0.0607. The highest BCUT2D eigenvalue weighted by Crippen LogP contribution is 2.10. The summed E-state index contributed by atoms with van der Waals surface area (Å²) in [6.45, 7) is 5.17. The first-order chi connectivity index (χ1) is 8.09. The van der Waals surface area contributed by atoms with Gasteiger partial charge in [0.15, 0.2) is 0 Å². The van der Waals surface area contributed by atoms with Crippen LogP contribution in [0.25, 0.3) is 0 Å². The lowest BCUT2D eigenvalue weighted by Gasteiger charge is -2.16. The fourth-order valence-corrected chi connectivity index (χ4v) is 1.81. The predicted octanol–water partition coefficient (Wildman–Crippen LogP) is 1.72. The van der Waals surface area contributed by atoms with Crippen molar-refractivity contribution in [3.05, 3.63) is 35.9 Å². The van der Waals surface area contributed by atoms with Crippen molar-refractivity contribution in [3.8, 4) is 0 Å². The molecule has 0 saturated carbocycles. The van der Waals surface area contributed by atoms with Crippen LogP contribution in [0.15, 0.2) is 30.3 Å². The molecule has 3 N–H and O–H groups in total. The molecule has 2 unspecified atom stereocenters. The zero-order chi connectivity index (χ0) is 12.7. The van der Waals surface area contributed by atoms with Crippen LogP contribution in [0.3, 0.4) is 0 Å².